The Bertz CT molecular complexity index is 549. The van der Waals surface area contributed by atoms with Crippen LogP contribution in [0.3, 0.4) is 0 Å². The van der Waals surface area contributed by atoms with Crippen molar-refractivity contribution in [3.63, 3.8) is 0 Å². The number of hydrogen-bond acceptors (Lipinski definition) is 3. The second-order valence-corrected chi connectivity index (χ2v) is 9.40. The van der Waals surface area contributed by atoms with E-state index in [1.807, 2.05) is 0 Å². The minimum atomic E-state index is -0.599. The summed E-state index contributed by atoms with van der Waals surface area (Å²) in [5, 5.41) is 20.1. The Labute approximate surface area is 139 Å². The van der Waals surface area contributed by atoms with Crippen LogP contribution in [0, 0.1) is 34.0 Å². The molecule has 3 nitrogen and oxygen atoms in total. The zero-order valence-corrected chi connectivity index (χ0v) is 14.3. The van der Waals surface area contributed by atoms with Crippen molar-refractivity contribution in [2.45, 2.75) is 58.3 Å². The summed E-state index contributed by atoms with van der Waals surface area (Å²) in [5.74, 6) is 1.75. The van der Waals surface area contributed by atoms with Gasteiger partial charge in [-0.3, -0.25) is 4.79 Å². The summed E-state index contributed by atoms with van der Waals surface area (Å²) >= 11 is 0. The van der Waals surface area contributed by atoms with E-state index in [1.54, 1.807) is 0 Å². The number of carbonyl (C=O) groups excluding carboxylic acids is 1. The molecule has 128 valence electrons. The summed E-state index contributed by atoms with van der Waals surface area (Å²) in [6.07, 6.45) is 8.04. The molecule has 4 rings (SSSR count). The fourth-order valence-electron chi connectivity index (χ4n) is 7.59. The minimum absolute atomic E-state index is 0.0609. The van der Waals surface area contributed by atoms with Gasteiger partial charge in [-0.05, 0) is 67.1 Å². The van der Waals surface area contributed by atoms with Crippen LogP contribution in [0.4, 0.5) is 0 Å². The molecule has 4 saturated carbocycles. The van der Waals surface area contributed by atoms with E-state index in [9.17, 15) is 15.0 Å². The molecule has 4 aliphatic rings. The topological polar surface area (TPSA) is 57.5 Å². The van der Waals surface area contributed by atoms with Crippen molar-refractivity contribution >= 4 is 5.78 Å². The van der Waals surface area contributed by atoms with Gasteiger partial charge >= 0.3 is 0 Å². The molecule has 5 atom stereocenters. The van der Waals surface area contributed by atoms with Gasteiger partial charge in [0.15, 0.2) is 0 Å². The van der Waals surface area contributed by atoms with Crippen molar-refractivity contribution < 1.29 is 15.0 Å². The lowest BCUT2D eigenvalue weighted by Gasteiger charge is -2.63. The number of Topliss-reactive ketones (excluding diaryl/α,β-unsaturated/α-hetero) is 1. The number of aliphatic hydroxyl groups excluding tert-OH is 2. The quantitative estimate of drug-likeness (QED) is 0.769. The Morgan fingerprint density at radius 1 is 1.09 bits per heavy atom. The van der Waals surface area contributed by atoms with Crippen molar-refractivity contribution in [3.8, 4) is 0 Å². The zero-order valence-electron chi connectivity index (χ0n) is 14.3. The second kappa shape index (κ2) is 4.92. The third kappa shape index (κ3) is 1.93. The number of hydrogen-bond donors (Lipinski definition) is 2. The molecule has 0 amide bonds. The molecule has 4 fully saturated rings. The summed E-state index contributed by atoms with van der Waals surface area (Å²) in [6, 6.07) is 0. The Balaban J connectivity index is 1.77. The van der Waals surface area contributed by atoms with E-state index in [0.717, 1.165) is 12.8 Å². The van der Waals surface area contributed by atoms with Crippen LogP contribution in [-0.4, -0.2) is 29.2 Å². The third-order valence-corrected chi connectivity index (χ3v) is 8.37. The molecule has 0 aromatic rings. The maximum Gasteiger partial charge on any atom is 0.134 e. The molecule has 0 unspecified atom stereocenters. The van der Waals surface area contributed by atoms with Gasteiger partial charge in [0.2, 0.25) is 0 Å². The minimum Gasteiger partial charge on any atom is -0.396 e. The lowest BCUT2D eigenvalue weighted by Crippen LogP contribution is -2.60. The van der Waals surface area contributed by atoms with Gasteiger partial charge in [0.1, 0.15) is 5.78 Å². The molecule has 2 bridgehead atoms. The number of ketones is 1. The van der Waals surface area contributed by atoms with Crippen LogP contribution in [0.15, 0.2) is 12.2 Å². The third-order valence-electron chi connectivity index (χ3n) is 8.37. The van der Waals surface area contributed by atoms with E-state index in [1.165, 1.54) is 31.3 Å². The predicted octanol–water partition coefficient (Wildman–Crippen LogP) is 3.10. The monoisotopic (exact) mass is 318 g/mol. The standard InChI is InChI=1S/C20H30O3/c1-13-7-19-6-5-17-18(2,16(19)4-3-14(13)8-19)9-15(23)10-20(17,11-21)12-22/h14,16-17,21-22H,1,3-12H2,2H3/t14-,16+,17+,18+,19-/m1/s1. The van der Waals surface area contributed by atoms with Crippen molar-refractivity contribution in [2.24, 2.45) is 34.0 Å². The van der Waals surface area contributed by atoms with E-state index < -0.39 is 5.41 Å². The van der Waals surface area contributed by atoms with Crippen molar-refractivity contribution in [1.82, 2.24) is 0 Å². The fourth-order valence-corrected chi connectivity index (χ4v) is 7.59. The van der Waals surface area contributed by atoms with Gasteiger partial charge in [0, 0.05) is 18.3 Å². The largest absolute Gasteiger partial charge is 0.396 e. The average molecular weight is 318 g/mol. The maximum absolute atomic E-state index is 12.6. The highest BCUT2D eigenvalue weighted by Gasteiger charge is 2.65. The highest BCUT2D eigenvalue weighted by atomic mass is 16.3. The van der Waals surface area contributed by atoms with Crippen LogP contribution in [0.25, 0.3) is 0 Å². The Morgan fingerprint density at radius 2 is 1.83 bits per heavy atom. The van der Waals surface area contributed by atoms with Crippen LogP contribution >= 0.6 is 0 Å². The predicted molar refractivity (Wildman–Crippen MR) is 88.7 cm³/mol. The molecule has 0 heterocycles. The molecule has 23 heavy (non-hydrogen) atoms. The van der Waals surface area contributed by atoms with Crippen molar-refractivity contribution in [3.05, 3.63) is 12.2 Å². The van der Waals surface area contributed by atoms with Gasteiger partial charge in [-0.2, -0.15) is 0 Å². The first kappa shape index (κ1) is 15.8. The first-order valence-electron chi connectivity index (χ1n) is 9.30. The normalized spacial score (nSPS) is 48.0. The lowest BCUT2D eigenvalue weighted by molar-refractivity contribution is -0.181. The zero-order chi connectivity index (χ0) is 16.5. The van der Waals surface area contributed by atoms with Crippen molar-refractivity contribution in [2.75, 3.05) is 13.2 Å². The van der Waals surface area contributed by atoms with Gasteiger partial charge in [0.25, 0.3) is 0 Å². The Morgan fingerprint density at radius 3 is 2.52 bits per heavy atom. The van der Waals surface area contributed by atoms with Crippen molar-refractivity contribution in [1.29, 1.82) is 0 Å². The SMILES string of the molecule is C=C1C[C@@]23CC[C@@H]4C(CO)(CO)CC(=O)C[C@@]4(C)[C@@H]2CC[C@@H]1C3. The molecule has 1 spiro atoms. The van der Waals surface area contributed by atoms with Gasteiger partial charge in [-0.25, -0.2) is 0 Å². The van der Waals surface area contributed by atoms with Gasteiger partial charge in [0.05, 0.1) is 13.2 Å². The molecule has 0 saturated heterocycles. The number of fused-ring (bicyclic) bond motifs is 3. The molecule has 4 aliphatic carbocycles. The molecule has 2 N–H and O–H groups in total. The van der Waals surface area contributed by atoms with Gasteiger partial charge < -0.3 is 10.2 Å². The number of carbonyl (C=O) groups is 1. The maximum atomic E-state index is 12.6. The summed E-state index contributed by atoms with van der Waals surface area (Å²) in [6.45, 7) is 6.50. The number of allylic oxidation sites excluding steroid dienone is 1. The molecule has 3 heteroatoms. The van der Waals surface area contributed by atoms with E-state index >= 15 is 0 Å². The first-order valence-corrected chi connectivity index (χ1v) is 9.30. The van der Waals surface area contributed by atoms with Crippen LogP contribution in [0.1, 0.15) is 58.3 Å². The van der Waals surface area contributed by atoms with Crippen LogP contribution in [-0.2, 0) is 4.79 Å². The smallest absolute Gasteiger partial charge is 0.134 e. The van der Waals surface area contributed by atoms with E-state index in [-0.39, 0.29) is 30.3 Å². The molecule has 0 radical (unpaired) electrons. The van der Waals surface area contributed by atoms with Crippen LogP contribution in [0.5, 0.6) is 0 Å². The Hall–Kier alpha value is -0.670. The average Bonchev–Trinajstić information content (AvgIpc) is 2.74. The second-order valence-electron chi connectivity index (χ2n) is 9.40. The first-order chi connectivity index (χ1) is 10.9. The molecular formula is C20H30O3. The summed E-state index contributed by atoms with van der Waals surface area (Å²) in [5.41, 5.74) is 1.12. The summed E-state index contributed by atoms with van der Waals surface area (Å²) in [4.78, 5) is 12.6. The lowest BCUT2D eigenvalue weighted by atomic mass is 9.40. The highest BCUT2D eigenvalue weighted by molar-refractivity contribution is 5.81. The molecule has 0 aromatic heterocycles. The number of rotatable bonds is 2. The van der Waals surface area contributed by atoms with Gasteiger partial charge in [-0.15, -0.1) is 0 Å². The van der Waals surface area contributed by atoms with Crippen LogP contribution in [0.2, 0.25) is 0 Å². The number of aliphatic hydroxyl groups is 2. The molecular weight excluding hydrogens is 288 g/mol. The fraction of sp³-hybridized carbons (Fsp3) is 0.850. The highest BCUT2D eigenvalue weighted by Crippen LogP contribution is 2.71. The van der Waals surface area contributed by atoms with Gasteiger partial charge in [-0.1, -0.05) is 19.1 Å². The summed E-state index contributed by atoms with van der Waals surface area (Å²) in [7, 11) is 0. The van der Waals surface area contributed by atoms with Crippen LogP contribution < -0.4 is 0 Å². The van der Waals surface area contributed by atoms with E-state index in [4.69, 9.17) is 0 Å². The Kier molecular flexibility index (Phi) is 3.39. The van der Waals surface area contributed by atoms with E-state index in [0.29, 0.717) is 30.1 Å². The molecule has 0 aliphatic heterocycles. The molecule has 0 aromatic carbocycles. The summed E-state index contributed by atoms with van der Waals surface area (Å²) < 4.78 is 0. The van der Waals surface area contributed by atoms with E-state index in [2.05, 4.69) is 13.5 Å².